The van der Waals surface area contributed by atoms with Crippen LogP contribution in [0.5, 0.6) is 17.2 Å². The summed E-state index contributed by atoms with van der Waals surface area (Å²) in [6.07, 6.45) is 0. The Bertz CT molecular complexity index is 1220. The number of aromatic hydroxyl groups is 1. The van der Waals surface area contributed by atoms with Crippen LogP contribution in [0.3, 0.4) is 0 Å². The van der Waals surface area contributed by atoms with Crippen LogP contribution in [-0.2, 0) is 7.05 Å². The molecule has 1 aromatic heterocycles. The molecule has 5 rings (SSSR count). The minimum atomic E-state index is -0.515. The van der Waals surface area contributed by atoms with E-state index in [1.54, 1.807) is 29.8 Å². The number of nitrogens with zero attached hydrogens (tertiary/aromatic N) is 1. The first kappa shape index (κ1) is 17.7. The fourth-order valence-corrected chi connectivity index (χ4v) is 3.68. The Morgan fingerprint density at radius 1 is 0.963 bits per heavy atom. The maximum atomic E-state index is 14.6. The van der Waals surface area contributed by atoms with E-state index in [0.29, 0.717) is 33.4 Å². The molecule has 0 unspecified atom stereocenters. The number of hydrogen-bond acceptors (Lipinski definition) is 2. The van der Waals surface area contributed by atoms with Gasteiger partial charge in [-0.3, -0.25) is 0 Å². The van der Waals surface area contributed by atoms with Crippen molar-refractivity contribution in [2.75, 3.05) is 5.83 Å². The fraction of sp³-hybridized carbons (Fsp3) is 0.0952. The van der Waals surface area contributed by atoms with Crippen molar-refractivity contribution >= 4 is 37.6 Å². The number of aromatic nitrogens is 1. The quantitative estimate of drug-likeness (QED) is 0.197. The number of pyridine rings is 1. The number of aryl methyl sites for hydroxylation is 1. The molecule has 0 saturated carbocycles. The molecule has 1 aliphatic heterocycles. The number of hydrogen-bond donors (Lipinski definition) is 1. The average molecular weight is 431 g/mol. The summed E-state index contributed by atoms with van der Waals surface area (Å²) in [5.74, 6) is 1.90. The van der Waals surface area contributed by atoms with Crippen molar-refractivity contribution in [2.24, 2.45) is 7.05 Å². The molecule has 0 atom stereocenters. The van der Waals surface area contributed by atoms with E-state index in [2.05, 4.69) is 15.9 Å². The number of phenolic OH excluding ortho intramolecular Hbond substituents is 1. The Morgan fingerprint density at radius 3 is 2.52 bits per heavy atom. The number of alkyl halides is 1. The van der Waals surface area contributed by atoms with Gasteiger partial charge >= 0.3 is 0 Å². The highest BCUT2D eigenvalue weighted by Gasteiger charge is 2.31. The van der Waals surface area contributed by atoms with E-state index in [4.69, 9.17) is 4.74 Å². The Labute approximate surface area is 162 Å². The van der Waals surface area contributed by atoms with E-state index in [1.165, 1.54) is 18.2 Å². The lowest BCUT2D eigenvalue weighted by molar-refractivity contribution is -0.632. The van der Waals surface area contributed by atoms with Crippen molar-refractivity contribution in [1.29, 1.82) is 0 Å². The Kier molecular flexibility index (Phi) is 4.23. The zero-order valence-electron chi connectivity index (χ0n) is 14.6. The van der Waals surface area contributed by atoms with Crippen molar-refractivity contribution in [3.05, 3.63) is 60.2 Å². The van der Waals surface area contributed by atoms with Gasteiger partial charge in [0.15, 0.2) is 0 Å². The first-order valence-electron chi connectivity index (χ1n) is 8.17. The van der Waals surface area contributed by atoms with Crippen LogP contribution < -0.4 is 9.30 Å². The zero-order valence-corrected chi connectivity index (χ0v) is 16.1. The molecule has 3 aromatic carbocycles. The van der Waals surface area contributed by atoms with Gasteiger partial charge in [-0.2, -0.15) is 4.57 Å². The number of halogens is 3. The molecule has 0 fully saturated rings. The summed E-state index contributed by atoms with van der Waals surface area (Å²) >= 11 is 2.94. The van der Waals surface area contributed by atoms with Crippen LogP contribution in [0, 0.1) is 11.6 Å². The second kappa shape index (κ2) is 6.46. The molecule has 6 heteroatoms. The fourth-order valence-electron chi connectivity index (χ4n) is 3.68. The van der Waals surface area contributed by atoms with Crippen LogP contribution in [0.4, 0.5) is 8.78 Å². The van der Waals surface area contributed by atoms with Gasteiger partial charge in [-0.15, -0.1) is 0 Å². The Morgan fingerprint density at radius 2 is 1.74 bits per heavy atom. The second-order valence-electron chi connectivity index (χ2n) is 6.15. The van der Waals surface area contributed by atoms with Crippen LogP contribution in [0.15, 0.2) is 48.5 Å². The van der Waals surface area contributed by atoms with Crippen LogP contribution in [-0.4, -0.2) is 10.9 Å². The Balaban J connectivity index is 0.000000872. The van der Waals surface area contributed by atoms with Crippen molar-refractivity contribution in [1.82, 2.24) is 0 Å². The van der Waals surface area contributed by atoms with E-state index in [-0.39, 0.29) is 11.6 Å². The molecule has 0 radical (unpaired) electrons. The van der Waals surface area contributed by atoms with Gasteiger partial charge < -0.3 is 9.84 Å². The molecule has 0 spiro atoms. The summed E-state index contributed by atoms with van der Waals surface area (Å²) in [5.41, 5.74) is 1.84. The second-order valence-corrected chi connectivity index (χ2v) is 6.15. The van der Waals surface area contributed by atoms with E-state index in [9.17, 15) is 13.9 Å². The van der Waals surface area contributed by atoms with Gasteiger partial charge in [0.25, 0.3) is 0 Å². The number of fused-ring (bicyclic) bond motifs is 4. The van der Waals surface area contributed by atoms with Crippen molar-refractivity contribution < 1.29 is 23.2 Å². The number of phenols is 1. The lowest BCUT2D eigenvalue weighted by Gasteiger charge is -2.20. The highest BCUT2D eigenvalue weighted by Crippen LogP contribution is 2.46. The zero-order chi connectivity index (χ0) is 19.3. The van der Waals surface area contributed by atoms with Crippen LogP contribution >= 0.6 is 15.9 Å². The van der Waals surface area contributed by atoms with Gasteiger partial charge in [0.1, 0.15) is 35.9 Å². The van der Waals surface area contributed by atoms with Gasteiger partial charge in [0.2, 0.25) is 11.2 Å². The van der Waals surface area contributed by atoms with E-state index in [1.807, 2.05) is 11.9 Å². The minimum absolute atomic E-state index is 0.158. The molecule has 1 N–H and O–H groups in total. The van der Waals surface area contributed by atoms with Gasteiger partial charge in [-0.05, 0) is 30.1 Å². The van der Waals surface area contributed by atoms with Gasteiger partial charge in [0, 0.05) is 11.5 Å². The number of ether oxygens (including phenoxy) is 1. The highest BCUT2D eigenvalue weighted by molar-refractivity contribution is 9.08. The summed E-state index contributed by atoms with van der Waals surface area (Å²) in [6, 6.07) is 12.3. The summed E-state index contributed by atoms with van der Waals surface area (Å²) < 4.78 is 36.2. The third kappa shape index (κ3) is 2.55. The molecule has 27 heavy (non-hydrogen) atoms. The van der Waals surface area contributed by atoms with E-state index < -0.39 is 5.82 Å². The van der Waals surface area contributed by atoms with Gasteiger partial charge in [-0.1, -0.05) is 28.1 Å². The molecule has 2 heterocycles. The third-order valence-corrected chi connectivity index (χ3v) is 4.70. The molecular formula is C21H15BrF2NO2+. The minimum Gasteiger partial charge on any atom is -0.508 e. The molecule has 0 bridgehead atoms. The maximum absolute atomic E-state index is 14.6. The Hall–Kier alpha value is -2.73. The molecule has 3 nitrogen and oxygen atoms in total. The normalized spacial score (nSPS) is 11.6. The number of benzene rings is 3. The van der Waals surface area contributed by atoms with Gasteiger partial charge in [-0.25, -0.2) is 8.78 Å². The van der Waals surface area contributed by atoms with E-state index in [0.717, 1.165) is 17.1 Å². The predicted molar refractivity (Wildman–Crippen MR) is 105 cm³/mol. The molecule has 0 aliphatic carbocycles. The molecule has 136 valence electrons. The van der Waals surface area contributed by atoms with Gasteiger partial charge in [0.05, 0.1) is 22.4 Å². The third-order valence-electron chi connectivity index (χ3n) is 4.70. The molecule has 4 aromatic rings. The van der Waals surface area contributed by atoms with Crippen molar-refractivity contribution in [2.45, 2.75) is 0 Å². The topological polar surface area (TPSA) is 33.3 Å². The SMILES string of the molecule is CBr.C[n+]1c2c3c(cccc3c3c(F)cc(O)cc31)Oc1ccc(F)cc1-2. The van der Waals surface area contributed by atoms with Crippen molar-refractivity contribution in [3.63, 3.8) is 0 Å². The summed E-state index contributed by atoms with van der Waals surface area (Å²) in [4.78, 5) is 0. The van der Waals surface area contributed by atoms with Crippen LogP contribution in [0.1, 0.15) is 0 Å². The van der Waals surface area contributed by atoms with Crippen LogP contribution in [0.25, 0.3) is 32.9 Å². The van der Waals surface area contributed by atoms with Crippen molar-refractivity contribution in [3.8, 4) is 28.5 Å². The smallest absolute Gasteiger partial charge is 0.228 e. The number of rotatable bonds is 0. The summed E-state index contributed by atoms with van der Waals surface area (Å²) in [5, 5.41) is 11.6. The largest absolute Gasteiger partial charge is 0.508 e. The molecule has 0 saturated heterocycles. The lowest BCUT2D eigenvalue weighted by atomic mass is 9.96. The summed E-state index contributed by atoms with van der Waals surface area (Å²) in [7, 11) is 1.77. The first-order valence-corrected chi connectivity index (χ1v) is 9.75. The average Bonchev–Trinajstić information content (AvgIpc) is 2.66. The first-order chi connectivity index (χ1) is 13.0. The van der Waals surface area contributed by atoms with Crippen LogP contribution in [0.2, 0.25) is 0 Å². The van der Waals surface area contributed by atoms with E-state index >= 15 is 0 Å². The molecular weight excluding hydrogens is 416 g/mol. The summed E-state index contributed by atoms with van der Waals surface area (Å²) in [6.45, 7) is 0. The predicted octanol–water partition coefficient (Wildman–Crippen LogP) is 5.59. The maximum Gasteiger partial charge on any atom is 0.228 e. The molecule has 1 aliphatic rings. The lowest BCUT2D eigenvalue weighted by Crippen LogP contribution is -2.33. The monoisotopic (exact) mass is 430 g/mol. The highest BCUT2D eigenvalue weighted by atomic mass is 79.9. The standard InChI is InChI=1S/C20H11F2NO2.CH3Br/c1-23-15-9-11(24)8-14(22)18(15)12-3-2-4-17-19(12)20(23)13-7-10(21)5-6-16(13)25-17;1-2/h2-9H,1H3;1H3/p+1. The molecule has 0 amide bonds.